The third kappa shape index (κ3) is 19.3. The molecule has 4 saturated carbocycles. The molecule has 0 unspecified atom stereocenters. The Kier molecular flexibility index (Phi) is 19.8. The number of carbonyl (C=O) groups excluding carboxylic acids is 2. The lowest BCUT2D eigenvalue weighted by molar-refractivity contribution is -0.143. The number of carboxylic acids is 1. The summed E-state index contributed by atoms with van der Waals surface area (Å²) in [6.07, 6.45) is 38.2. The Morgan fingerprint density at radius 1 is 0.418 bits per heavy atom. The molecule has 320 valence electrons. The van der Waals surface area contributed by atoms with Crippen LogP contribution in [0.2, 0.25) is 0 Å². The second-order valence-corrected chi connectivity index (χ2v) is 23.1. The number of aliphatic carboxylic acids is 1. The second-order valence-electron chi connectivity index (χ2n) is 18.9. The van der Waals surface area contributed by atoms with E-state index >= 15 is 0 Å². The van der Waals surface area contributed by atoms with Gasteiger partial charge in [0.15, 0.2) is 31.2 Å². The van der Waals surface area contributed by atoms with Crippen molar-refractivity contribution in [3.63, 3.8) is 0 Å². The molecule has 55 heavy (non-hydrogen) atoms. The highest BCUT2D eigenvalue weighted by Crippen LogP contribution is 2.52. The molecule has 9 nitrogen and oxygen atoms in total. The highest BCUT2D eigenvalue weighted by Gasteiger charge is 2.50. The Morgan fingerprint density at radius 2 is 0.673 bits per heavy atom. The monoisotopic (exact) mass is 815 g/mol. The minimum Gasteiger partial charge on any atom is -0.481 e. The van der Waals surface area contributed by atoms with E-state index in [4.69, 9.17) is 5.11 Å². The van der Waals surface area contributed by atoms with E-state index in [0.29, 0.717) is 12.0 Å². The predicted octanol–water partition coefficient (Wildman–Crippen LogP) is 9.76. The number of rotatable bonds is 34. The summed E-state index contributed by atoms with van der Waals surface area (Å²) in [5, 5.41) is 18.4. The van der Waals surface area contributed by atoms with Gasteiger partial charge in [-0.25, -0.2) is 16.8 Å². The van der Waals surface area contributed by atoms with Gasteiger partial charge in [0, 0.05) is 29.9 Å². The fraction of sp³-hybridized carbons (Fsp3) is 0.932. The van der Waals surface area contributed by atoms with Gasteiger partial charge in [0.2, 0.25) is 0 Å². The van der Waals surface area contributed by atoms with E-state index in [-0.39, 0.29) is 39.3 Å². The minimum absolute atomic E-state index is 0.0448. The van der Waals surface area contributed by atoms with E-state index in [1.165, 1.54) is 109 Å². The Labute approximate surface area is 335 Å². The van der Waals surface area contributed by atoms with Crippen LogP contribution in [0.25, 0.3) is 0 Å². The fourth-order valence-electron chi connectivity index (χ4n) is 8.52. The van der Waals surface area contributed by atoms with Crippen LogP contribution in [-0.4, -0.2) is 75.2 Å². The molecule has 11 heteroatoms. The highest BCUT2D eigenvalue weighted by atomic mass is 32.2. The van der Waals surface area contributed by atoms with Crippen molar-refractivity contribution in [2.24, 2.45) is 21.7 Å². The molecule has 0 aromatic rings. The second kappa shape index (κ2) is 22.7. The van der Waals surface area contributed by atoms with Gasteiger partial charge in [-0.05, 0) is 82.5 Å². The van der Waals surface area contributed by atoms with Gasteiger partial charge in [0.1, 0.15) is 11.5 Å². The molecule has 0 aromatic carbocycles. The lowest BCUT2D eigenvalue weighted by Crippen LogP contribution is -2.24. The van der Waals surface area contributed by atoms with Crippen molar-refractivity contribution >= 4 is 37.2 Å². The first kappa shape index (κ1) is 48.0. The summed E-state index contributed by atoms with van der Waals surface area (Å²) in [5.41, 5.74) is -0.607. The summed E-state index contributed by atoms with van der Waals surface area (Å²) in [6.45, 7) is 0.389. The van der Waals surface area contributed by atoms with E-state index in [0.717, 1.165) is 109 Å². The molecule has 0 bridgehead atoms. The van der Waals surface area contributed by atoms with Crippen LogP contribution in [0.4, 0.5) is 0 Å². The van der Waals surface area contributed by atoms with Gasteiger partial charge in [0.05, 0.1) is 5.41 Å². The standard InChI is InChI=1S/C22H38O5S.C22H40O4S/c1-28(26,27)18-19(23)21(14-15-21)12-10-8-6-4-2-3-5-7-9-11-13-22(16-17-22)20(24)25;1-27(25,26)18-20(24)22(16-17-22)13-11-9-7-5-3-2-4-6-8-10-12-21(19-23)14-15-21/h2-18H2,1H3,(H,24,25);23H,2-19H2,1H3. The van der Waals surface area contributed by atoms with Gasteiger partial charge in [-0.1, -0.05) is 128 Å². The first-order valence-corrected chi connectivity index (χ1v) is 26.4. The van der Waals surface area contributed by atoms with Crippen LogP contribution < -0.4 is 0 Å². The number of hydrogen-bond donors (Lipinski definition) is 2. The van der Waals surface area contributed by atoms with E-state index < -0.39 is 25.6 Å². The van der Waals surface area contributed by atoms with Crippen LogP contribution in [0.15, 0.2) is 0 Å². The number of carbonyl (C=O) groups is 3. The predicted molar refractivity (Wildman–Crippen MR) is 222 cm³/mol. The molecule has 4 fully saturated rings. The molecule has 4 aliphatic rings. The molecular formula is C44H78O9S2. The lowest BCUT2D eigenvalue weighted by Gasteiger charge is -2.13. The van der Waals surface area contributed by atoms with E-state index in [9.17, 15) is 36.3 Å². The Balaban J connectivity index is 0.000000296. The summed E-state index contributed by atoms with van der Waals surface area (Å²) >= 11 is 0. The zero-order valence-electron chi connectivity index (χ0n) is 34.8. The molecule has 0 aliphatic heterocycles. The summed E-state index contributed by atoms with van der Waals surface area (Å²) < 4.78 is 45.2. The summed E-state index contributed by atoms with van der Waals surface area (Å²) in [4.78, 5) is 35.4. The topological polar surface area (TPSA) is 160 Å². The van der Waals surface area contributed by atoms with Crippen molar-refractivity contribution in [2.75, 3.05) is 30.6 Å². The Hall–Kier alpha value is -1.33. The SMILES string of the molecule is CS(=O)(=O)CC(=O)C1(CCCCCCCCCCCCC2(C(=O)O)CC2)CC1.CS(=O)(=O)CC(=O)C1(CCCCCCCCCCCCC2(CO)CC2)CC1. The smallest absolute Gasteiger partial charge is 0.309 e. The zero-order valence-corrected chi connectivity index (χ0v) is 36.5. The number of aliphatic hydroxyl groups excluding tert-OH is 1. The average molecular weight is 815 g/mol. The van der Waals surface area contributed by atoms with Crippen molar-refractivity contribution < 1.29 is 41.4 Å². The number of Topliss-reactive ketones (excluding diaryl/α,β-unsaturated/α-hetero) is 2. The molecule has 2 N–H and O–H groups in total. The number of aliphatic hydroxyl groups is 1. The van der Waals surface area contributed by atoms with Gasteiger partial charge >= 0.3 is 5.97 Å². The van der Waals surface area contributed by atoms with E-state index in [1.807, 2.05) is 0 Å². The molecule has 4 rings (SSSR count). The number of unbranched alkanes of at least 4 members (excludes halogenated alkanes) is 18. The first-order chi connectivity index (χ1) is 26.0. The van der Waals surface area contributed by atoms with Crippen molar-refractivity contribution in [1.29, 1.82) is 0 Å². The maximum atomic E-state index is 12.1. The molecule has 0 amide bonds. The summed E-state index contributed by atoms with van der Waals surface area (Å²) in [7, 11) is -6.39. The molecule has 0 heterocycles. The van der Waals surface area contributed by atoms with Gasteiger partial charge in [-0.3, -0.25) is 14.4 Å². The third-order valence-corrected chi connectivity index (χ3v) is 15.0. The third-order valence-electron chi connectivity index (χ3n) is 13.4. The average Bonchev–Trinajstić information content (AvgIpc) is 3.91. The number of ketones is 2. The molecule has 4 aliphatic carbocycles. The van der Waals surface area contributed by atoms with Gasteiger partial charge in [-0.15, -0.1) is 0 Å². The largest absolute Gasteiger partial charge is 0.481 e. The highest BCUT2D eigenvalue weighted by molar-refractivity contribution is 7.91. The van der Waals surface area contributed by atoms with Crippen LogP contribution in [0, 0.1) is 21.7 Å². The van der Waals surface area contributed by atoms with Crippen LogP contribution in [0.5, 0.6) is 0 Å². The first-order valence-electron chi connectivity index (χ1n) is 22.3. The Bertz CT molecular complexity index is 1400. The summed E-state index contributed by atoms with van der Waals surface area (Å²) in [6, 6.07) is 0. The quantitative estimate of drug-likeness (QED) is 0.0603. The summed E-state index contributed by atoms with van der Waals surface area (Å²) in [5.74, 6) is -1.26. The van der Waals surface area contributed by atoms with E-state index in [1.54, 1.807) is 0 Å². The van der Waals surface area contributed by atoms with Gasteiger partial charge in [-0.2, -0.15) is 0 Å². The van der Waals surface area contributed by atoms with Crippen LogP contribution in [0.1, 0.15) is 205 Å². The van der Waals surface area contributed by atoms with Crippen molar-refractivity contribution in [1.82, 2.24) is 0 Å². The minimum atomic E-state index is -3.20. The fourth-order valence-corrected chi connectivity index (χ4v) is 10.1. The van der Waals surface area contributed by atoms with Crippen molar-refractivity contribution in [3.05, 3.63) is 0 Å². The molecule has 0 atom stereocenters. The lowest BCUT2D eigenvalue weighted by atomic mass is 9.94. The number of carboxylic acid groups (broad SMARTS) is 1. The number of sulfone groups is 2. The molecule has 0 radical (unpaired) electrons. The van der Waals surface area contributed by atoms with Crippen molar-refractivity contribution in [3.8, 4) is 0 Å². The normalized spacial score (nSPS) is 19.5. The van der Waals surface area contributed by atoms with Crippen LogP contribution >= 0.6 is 0 Å². The maximum Gasteiger partial charge on any atom is 0.309 e. The molecular weight excluding hydrogens is 737 g/mol. The van der Waals surface area contributed by atoms with Crippen LogP contribution in [0.3, 0.4) is 0 Å². The van der Waals surface area contributed by atoms with E-state index in [2.05, 4.69) is 0 Å². The molecule has 0 saturated heterocycles. The maximum absolute atomic E-state index is 12.1. The van der Waals surface area contributed by atoms with Crippen LogP contribution in [-0.2, 0) is 34.1 Å². The number of hydrogen-bond acceptors (Lipinski definition) is 8. The molecule has 0 aromatic heterocycles. The van der Waals surface area contributed by atoms with Gasteiger partial charge < -0.3 is 10.2 Å². The van der Waals surface area contributed by atoms with Crippen molar-refractivity contribution in [2.45, 2.75) is 205 Å². The zero-order chi connectivity index (χ0) is 40.5. The Morgan fingerprint density at radius 3 is 0.891 bits per heavy atom. The van der Waals surface area contributed by atoms with Gasteiger partial charge in [0.25, 0.3) is 0 Å². The molecule has 0 spiro atoms.